The third kappa shape index (κ3) is 5.16. The molecule has 2 aromatic carbocycles. The van der Waals surface area contributed by atoms with Crippen LogP contribution in [0.1, 0.15) is 12.0 Å². The Bertz CT molecular complexity index is 1050. The number of carbonyl (C=O) groups is 2. The van der Waals surface area contributed by atoms with Gasteiger partial charge in [0.05, 0.1) is 11.3 Å². The topological polar surface area (TPSA) is 164 Å². The molecule has 11 heteroatoms. The predicted molar refractivity (Wildman–Crippen MR) is 112 cm³/mol. The molecule has 1 aliphatic rings. The molecule has 1 heterocycles. The number of amides is 2. The average molecular weight is 409 g/mol. The van der Waals surface area contributed by atoms with E-state index >= 15 is 0 Å². The van der Waals surface area contributed by atoms with Gasteiger partial charge in [0, 0.05) is 23.0 Å². The third-order valence-corrected chi connectivity index (χ3v) is 4.16. The van der Waals surface area contributed by atoms with Crippen LogP contribution in [0.5, 0.6) is 0 Å². The molecule has 5 N–H and O–H groups in total. The summed E-state index contributed by atoms with van der Waals surface area (Å²) in [5.41, 5.74) is 7.14. The highest BCUT2D eigenvalue weighted by Crippen LogP contribution is 2.22. The van der Waals surface area contributed by atoms with Crippen molar-refractivity contribution in [2.24, 2.45) is 15.7 Å². The summed E-state index contributed by atoms with van der Waals surface area (Å²) in [6, 6.07) is 12.4. The molecule has 154 valence electrons. The minimum atomic E-state index is -0.978. The zero-order valence-electron chi connectivity index (χ0n) is 16.0. The Morgan fingerprint density at radius 2 is 1.97 bits per heavy atom. The second-order valence-electron chi connectivity index (χ2n) is 6.46. The average Bonchev–Trinajstić information content (AvgIpc) is 3.02. The first-order chi connectivity index (χ1) is 14.3. The van der Waals surface area contributed by atoms with Gasteiger partial charge in [-0.05, 0) is 25.1 Å². The van der Waals surface area contributed by atoms with E-state index in [0.717, 1.165) is 0 Å². The largest absolute Gasteiger partial charge is 0.369 e. The van der Waals surface area contributed by atoms with E-state index in [2.05, 4.69) is 25.9 Å². The molecule has 2 aromatic rings. The lowest BCUT2D eigenvalue weighted by Gasteiger charge is -2.07. The van der Waals surface area contributed by atoms with Gasteiger partial charge in [0.25, 0.3) is 11.6 Å². The number of hydrogen-bond donors (Lipinski definition) is 4. The first-order valence-electron chi connectivity index (χ1n) is 8.91. The van der Waals surface area contributed by atoms with Crippen molar-refractivity contribution in [3.8, 4) is 0 Å². The smallest absolute Gasteiger partial charge is 0.274 e. The summed E-state index contributed by atoms with van der Waals surface area (Å²) >= 11 is 0. The van der Waals surface area contributed by atoms with E-state index in [1.807, 2.05) is 18.2 Å². The van der Waals surface area contributed by atoms with Gasteiger partial charge in [-0.25, -0.2) is 4.99 Å². The van der Waals surface area contributed by atoms with Crippen molar-refractivity contribution >= 4 is 40.8 Å². The van der Waals surface area contributed by atoms with Crippen LogP contribution in [0, 0.1) is 17.0 Å². The van der Waals surface area contributed by atoms with Gasteiger partial charge in [0.1, 0.15) is 6.04 Å². The van der Waals surface area contributed by atoms with Gasteiger partial charge in [-0.2, -0.15) is 4.99 Å². The monoisotopic (exact) mass is 409 g/mol. The molecule has 2 amide bonds. The molecular formula is C19H19N7O4. The molecule has 0 spiro atoms. The first kappa shape index (κ1) is 20.5. The quantitative estimate of drug-likeness (QED) is 0.253. The maximum absolute atomic E-state index is 12.2. The number of nitro benzene ring substituents is 1. The fraction of sp³-hybridized carbons (Fsp3) is 0.158. The third-order valence-electron chi connectivity index (χ3n) is 4.16. The maximum Gasteiger partial charge on any atom is 0.274 e. The summed E-state index contributed by atoms with van der Waals surface area (Å²) in [6.45, 7) is 1.60. The molecule has 30 heavy (non-hydrogen) atoms. The van der Waals surface area contributed by atoms with Crippen molar-refractivity contribution in [2.75, 3.05) is 10.6 Å². The normalized spacial score (nSPS) is 15.9. The molecule has 0 aliphatic carbocycles. The van der Waals surface area contributed by atoms with Gasteiger partial charge >= 0.3 is 0 Å². The zero-order valence-corrected chi connectivity index (χ0v) is 16.0. The van der Waals surface area contributed by atoms with Crippen LogP contribution >= 0.6 is 0 Å². The van der Waals surface area contributed by atoms with Crippen LogP contribution in [0.15, 0.2) is 58.5 Å². The van der Waals surface area contributed by atoms with E-state index in [9.17, 15) is 19.7 Å². The van der Waals surface area contributed by atoms with Crippen molar-refractivity contribution in [1.29, 1.82) is 0 Å². The summed E-state index contributed by atoms with van der Waals surface area (Å²) in [6.07, 6.45) is -0.251. The Morgan fingerprint density at radius 1 is 1.23 bits per heavy atom. The summed E-state index contributed by atoms with van der Waals surface area (Å²) in [5, 5.41) is 18.9. The molecule has 1 atom stereocenters. The fourth-order valence-corrected chi connectivity index (χ4v) is 2.71. The number of aryl methyl sites for hydroxylation is 1. The fourth-order valence-electron chi connectivity index (χ4n) is 2.71. The highest BCUT2D eigenvalue weighted by molar-refractivity contribution is 6.11. The number of guanidine groups is 2. The summed E-state index contributed by atoms with van der Waals surface area (Å²) in [4.78, 5) is 42.9. The summed E-state index contributed by atoms with van der Waals surface area (Å²) < 4.78 is 0. The van der Waals surface area contributed by atoms with Crippen LogP contribution in [-0.4, -0.2) is 34.7 Å². The number of anilines is 2. The van der Waals surface area contributed by atoms with Crippen LogP contribution in [0.25, 0.3) is 0 Å². The molecule has 0 saturated heterocycles. The number of carbonyl (C=O) groups excluding carboxylic acids is 2. The van der Waals surface area contributed by atoms with Gasteiger partial charge in [0.2, 0.25) is 17.8 Å². The Morgan fingerprint density at radius 3 is 2.67 bits per heavy atom. The minimum absolute atomic E-state index is 0.00953. The van der Waals surface area contributed by atoms with Crippen LogP contribution < -0.4 is 21.7 Å². The maximum atomic E-state index is 12.2. The number of rotatable bonds is 5. The van der Waals surface area contributed by atoms with Crippen molar-refractivity contribution in [2.45, 2.75) is 19.4 Å². The highest BCUT2D eigenvalue weighted by Gasteiger charge is 2.29. The number of hydrogen-bond acceptors (Lipinski definition) is 6. The molecule has 0 unspecified atom stereocenters. The van der Waals surface area contributed by atoms with E-state index < -0.39 is 22.8 Å². The lowest BCUT2D eigenvalue weighted by atomic mass is 10.1. The number of nitro groups is 1. The van der Waals surface area contributed by atoms with Crippen LogP contribution in [-0.2, 0) is 9.59 Å². The molecular weight excluding hydrogens is 390 g/mol. The van der Waals surface area contributed by atoms with Crippen LogP contribution in [0.3, 0.4) is 0 Å². The number of benzene rings is 2. The Hall–Kier alpha value is -4.28. The summed E-state index contributed by atoms with van der Waals surface area (Å²) in [7, 11) is 0. The molecule has 1 aliphatic heterocycles. The second-order valence-corrected chi connectivity index (χ2v) is 6.46. The van der Waals surface area contributed by atoms with Gasteiger partial charge in [-0.15, -0.1) is 0 Å². The predicted octanol–water partition coefficient (Wildman–Crippen LogP) is 1.51. The summed E-state index contributed by atoms with van der Waals surface area (Å²) in [5.74, 6) is -0.994. The van der Waals surface area contributed by atoms with Crippen molar-refractivity contribution in [3.05, 3.63) is 64.2 Å². The van der Waals surface area contributed by atoms with Crippen molar-refractivity contribution < 1.29 is 14.5 Å². The first-order valence-corrected chi connectivity index (χ1v) is 8.91. The van der Waals surface area contributed by atoms with Crippen molar-refractivity contribution in [1.82, 2.24) is 5.32 Å². The lowest BCUT2D eigenvalue weighted by Crippen LogP contribution is -2.32. The SMILES string of the molecule is Cc1ccc(NC(=O)C[C@@H]2N=C(N=C(N)Nc3ccccc3)NC2=O)cc1[N+](=O)[O-]. The minimum Gasteiger partial charge on any atom is -0.369 e. The van der Waals surface area contributed by atoms with Crippen LogP contribution in [0.4, 0.5) is 17.1 Å². The molecule has 11 nitrogen and oxygen atoms in total. The number of nitrogens with zero attached hydrogens (tertiary/aromatic N) is 3. The molecule has 3 rings (SSSR count). The number of nitrogens with two attached hydrogens (primary N) is 1. The van der Waals surface area contributed by atoms with E-state index in [1.165, 1.54) is 12.1 Å². The molecule has 0 radical (unpaired) electrons. The molecule has 0 fully saturated rings. The number of nitrogens with one attached hydrogen (secondary N) is 3. The van der Waals surface area contributed by atoms with Gasteiger partial charge in [-0.1, -0.05) is 24.3 Å². The van der Waals surface area contributed by atoms with Gasteiger partial charge in [0.15, 0.2) is 0 Å². The Balaban J connectivity index is 1.62. The Labute approximate surface area is 171 Å². The van der Waals surface area contributed by atoms with Crippen LogP contribution in [0.2, 0.25) is 0 Å². The van der Waals surface area contributed by atoms with E-state index in [1.54, 1.807) is 25.1 Å². The second kappa shape index (κ2) is 8.82. The van der Waals surface area contributed by atoms with Gasteiger partial charge < -0.3 is 16.4 Å². The zero-order chi connectivity index (χ0) is 21.7. The molecule has 0 bridgehead atoms. The standard InChI is InChI=1S/C19H19N7O4/c1-11-7-8-13(9-15(11)26(29)30)21-16(27)10-14-17(28)24-19(23-14)25-18(20)22-12-5-3-2-4-6-12/h2-9,14H,10H2,1H3,(H,21,27)(H4,20,22,23,24,25,28)/t14-/m0/s1. The number of para-hydroxylation sites is 1. The van der Waals surface area contributed by atoms with Gasteiger partial charge in [-0.3, -0.25) is 25.0 Å². The molecule has 0 saturated carbocycles. The van der Waals surface area contributed by atoms with Crippen molar-refractivity contribution in [3.63, 3.8) is 0 Å². The van der Waals surface area contributed by atoms with E-state index in [-0.39, 0.29) is 29.7 Å². The number of aliphatic imine (C=N–C) groups is 2. The Kier molecular flexibility index (Phi) is 6.01. The highest BCUT2D eigenvalue weighted by atomic mass is 16.6. The van der Waals surface area contributed by atoms with E-state index in [4.69, 9.17) is 5.73 Å². The van der Waals surface area contributed by atoms with E-state index in [0.29, 0.717) is 11.3 Å². The molecule has 0 aromatic heterocycles. The lowest BCUT2D eigenvalue weighted by molar-refractivity contribution is -0.385.